The van der Waals surface area contributed by atoms with Gasteiger partial charge in [-0.3, -0.25) is 4.79 Å². The molecule has 1 aliphatic carbocycles. The molecule has 1 unspecified atom stereocenters. The second-order valence-electron chi connectivity index (χ2n) is 5.00. The summed E-state index contributed by atoms with van der Waals surface area (Å²) in [5.74, 6) is 0.988. The Hall–Kier alpha value is -0.420. The van der Waals surface area contributed by atoms with Crippen molar-refractivity contribution in [2.45, 2.75) is 35.7 Å². The van der Waals surface area contributed by atoms with Crippen LogP contribution in [0.15, 0.2) is 23.1 Å². The summed E-state index contributed by atoms with van der Waals surface area (Å²) in [5.41, 5.74) is 6.43. The fraction of sp³-hybridized carbons (Fsp3) is 0.462. The summed E-state index contributed by atoms with van der Waals surface area (Å²) in [6.07, 6.45) is 2.52. The van der Waals surface area contributed by atoms with Crippen LogP contribution in [0, 0.1) is 0 Å². The van der Waals surface area contributed by atoms with E-state index in [1.54, 1.807) is 0 Å². The van der Waals surface area contributed by atoms with E-state index in [4.69, 9.17) is 17.3 Å². The minimum absolute atomic E-state index is 0. The summed E-state index contributed by atoms with van der Waals surface area (Å²) in [6.45, 7) is 0. The smallest absolute Gasteiger partial charge is 0.240 e. The van der Waals surface area contributed by atoms with Crippen LogP contribution in [0.4, 0.5) is 0 Å². The zero-order chi connectivity index (χ0) is 12.8. The third kappa shape index (κ3) is 3.02. The molecule has 104 valence electrons. The zero-order valence-corrected chi connectivity index (χ0v) is 12.7. The first-order valence-electron chi connectivity index (χ1n) is 6.11. The molecule has 1 atom stereocenters. The van der Waals surface area contributed by atoms with Crippen LogP contribution < -0.4 is 11.1 Å². The highest BCUT2D eigenvalue weighted by atomic mass is 35.5. The molecule has 1 aromatic rings. The zero-order valence-electron chi connectivity index (χ0n) is 10.3. The van der Waals surface area contributed by atoms with Gasteiger partial charge in [0.25, 0.3) is 0 Å². The van der Waals surface area contributed by atoms with Crippen molar-refractivity contribution in [3.05, 3.63) is 28.8 Å². The molecule has 1 saturated carbocycles. The lowest BCUT2D eigenvalue weighted by atomic mass is 10.0. The summed E-state index contributed by atoms with van der Waals surface area (Å²) in [4.78, 5) is 13.2. The molecule has 0 bridgehead atoms. The van der Waals surface area contributed by atoms with Gasteiger partial charge in [0.15, 0.2) is 0 Å². The van der Waals surface area contributed by atoms with E-state index in [0.29, 0.717) is 5.02 Å². The quantitative estimate of drug-likeness (QED) is 0.881. The van der Waals surface area contributed by atoms with Crippen LogP contribution in [0.1, 0.15) is 30.9 Å². The van der Waals surface area contributed by atoms with E-state index in [1.165, 1.54) is 4.90 Å². The summed E-state index contributed by atoms with van der Waals surface area (Å²) in [5, 5.41) is 3.78. The van der Waals surface area contributed by atoms with Gasteiger partial charge in [-0.2, -0.15) is 0 Å². The highest BCUT2D eigenvalue weighted by Crippen LogP contribution is 2.39. The number of carbonyl (C=O) groups excluding carboxylic acids is 1. The number of carbonyl (C=O) groups is 1. The highest BCUT2D eigenvalue weighted by Gasteiger charge is 2.46. The molecule has 3 rings (SSSR count). The van der Waals surface area contributed by atoms with E-state index >= 15 is 0 Å². The Morgan fingerprint density at radius 1 is 1.47 bits per heavy atom. The van der Waals surface area contributed by atoms with E-state index in [9.17, 15) is 4.79 Å². The second-order valence-corrected chi connectivity index (χ2v) is 6.57. The first-order valence-corrected chi connectivity index (χ1v) is 7.47. The molecule has 0 radical (unpaired) electrons. The van der Waals surface area contributed by atoms with Gasteiger partial charge in [0.05, 0.1) is 11.6 Å². The van der Waals surface area contributed by atoms with Crippen LogP contribution in [0.3, 0.4) is 0 Å². The molecule has 3 N–H and O–H groups in total. The van der Waals surface area contributed by atoms with Gasteiger partial charge in [0.1, 0.15) is 0 Å². The van der Waals surface area contributed by atoms with Crippen molar-refractivity contribution in [1.29, 1.82) is 0 Å². The first kappa shape index (κ1) is 15.0. The van der Waals surface area contributed by atoms with E-state index in [-0.39, 0.29) is 24.4 Å². The van der Waals surface area contributed by atoms with Gasteiger partial charge in [-0.25, -0.2) is 0 Å². The van der Waals surface area contributed by atoms with Crippen LogP contribution in [0.5, 0.6) is 0 Å². The third-order valence-electron chi connectivity index (χ3n) is 3.56. The van der Waals surface area contributed by atoms with Crippen molar-refractivity contribution >= 4 is 41.7 Å². The number of nitrogens with one attached hydrogen (secondary N) is 1. The lowest BCUT2D eigenvalue weighted by Gasteiger charge is -2.27. The Morgan fingerprint density at radius 2 is 2.21 bits per heavy atom. The Labute approximate surface area is 128 Å². The molecule has 1 amide bonds. The minimum Gasteiger partial charge on any atom is -0.348 e. The molecule has 0 spiro atoms. The molecule has 19 heavy (non-hydrogen) atoms. The van der Waals surface area contributed by atoms with Crippen LogP contribution >= 0.6 is 35.8 Å². The van der Waals surface area contributed by atoms with Gasteiger partial charge in [-0.15, -0.1) is 24.2 Å². The number of hydrogen-bond acceptors (Lipinski definition) is 3. The summed E-state index contributed by atoms with van der Waals surface area (Å²) < 4.78 is 0. The number of hydrogen-bond donors (Lipinski definition) is 2. The topological polar surface area (TPSA) is 55.1 Å². The van der Waals surface area contributed by atoms with Crippen molar-refractivity contribution in [2.75, 3.05) is 5.75 Å². The summed E-state index contributed by atoms with van der Waals surface area (Å²) in [7, 11) is 0. The SMILES string of the molecule is Cl.NC1(C(=O)NC2CCSc3ccc(Cl)cc32)CC1. The highest BCUT2D eigenvalue weighted by molar-refractivity contribution is 7.99. The Morgan fingerprint density at radius 3 is 2.89 bits per heavy atom. The molecule has 1 heterocycles. The normalized spacial score (nSPS) is 22.9. The Kier molecular flexibility index (Phi) is 4.35. The Bertz CT molecular complexity index is 505. The molecule has 1 aliphatic heterocycles. The maximum atomic E-state index is 12.0. The minimum atomic E-state index is -0.608. The second kappa shape index (κ2) is 5.52. The van der Waals surface area contributed by atoms with Gasteiger partial charge in [-0.1, -0.05) is 11.6 Å². The summed E-state index contributed by atoms with van der Waals surface area (Å²) in [6, 6.07) is 5.91. The number of amides is 1. The predicted octanol–water partition coefficient (Wildman–Crippen LogP) is 2.91. The van der Waals surface area contributed by atoms with Gasteiger partial charge in [0.2, 0.25) is 5.91 Å². The number of benzene rings is 1. The molecule has 1 aromatic carbocycles. The first-order chi connectivity index (χ1) is 8.58. The van der Waals surface area contributed by atoms with Gasteiger partial charge < -0.3 is 11.1 Å². The number of thioether (sulfide) groups is 1. The average Bonchev–Trinajstić information content (AvgIpc) is 3.09. The fourth-order valence-electron chi connectivity index (χ4n) is 2.18. The average molecular weight is 319 g/mol. The van der Waals surface area contributed by atoms with Crippen molar-refractivity contribution in [1.82, 2.24) is 5.32 Å². The monoisotopic (exact) mass is 318 g/mol. The van der Waals surface area contributed by atoms with Gasteiger partial charge >= 0.3 is 0 Å². The lowest BCUT2D eigenvalue weighted by Crippen LogP contribution is -2.44. The fourth-order valence-corrected chi connectivity index (χ4v) is 3.47. The maximum absolute atomic E-state index is 12.0. The lowest BCUT2D eigenvalue weighted by molar-refractivity contribution is -0.124. The largest absolute Gasteiger partial charge is 0.348 e. The number of nitrogens with two attached hydrogens (primary N) is 1. The Balaban J connectivity index is 0.00000133. The van der Waals surface area contributed by atoms with E-state index < -0.39 is 5.54 Å². The molecule has 6 heteroatoms. The number of fused-ring (bicyclic) bond motifs is 1. The van der Waals surface area contributed by atoms with Crippen molar-refractivity contribution in [2.24, 2.45) is 5.73 Å². The van der Waals surface area contributed by atoms with Crippen LogP contribution in [0.25, 0.3) is 0 Å². The van der Waals surface area contributed by atoms with Crippen molar-refractivity contribution < 1.29 is 4.79 Å². The van der Waals surface area contributed by atoms with Crippen LogP contribution in [-0.4, -0.2) is 17.2 Å². The van der Waals surface area contributed by atoms with E-state index in [1.807, 2.05) is 30.0 Å². The van der Waals surface area contributed by atoms with Crippen molar-refractivity contribution in [3.8, 4) is 0 Å². The molecule has 2 aliphatic rings. The standard InChI is InChI=1S/C13H15ClN2OS.ClH/c14-8-1-2-11-9(7-8)10(3-6-18-11)16-12(17)13(15)4-5-13;/h1-2,7,10H,3-6,15H2,(H,16,17);1H. The number of halogens is 2. The van der Waals surface area contributed by atoms with Crippen LogP contribution in [-0.2, 0) is 4.79 Å². The van der Waals surface area contributed by atoms with E-state index in [0.717, 1.165) is 30.6 Å². The van der Waals surface area contributed by atoms with Crippen LogP contribution in [0.2, 0.25) is 5.02 Å². The van der Waals surface area contributed by atoms with Gasteiger partial charge in [0, 0.05) is 15.7 Å². The molecule has 0 saturated heterocycles. The number of rotatable bonds is 2. The molecular weight excluding hydrogens is 303 g/mol. The molecule has 3 nitrogen and oxygen atoms in total. The molecule has 0 aromatic heterocycles. The summed E-state index contributed by atoms with van der Waals surface area (Å²) >= 11 is 7.84. The van der Waals surface area contributed by atoms with E-state index in [2.05, 4.69) is 5.32 Å². The maximum Gasteiger partial charge on any atom is 0.240 e. The predicted molar refractivity (Wildman–Crippen MR) is 81.1 cm³/mol. The van der Waals surface area contributed by atoms with Gasteiger partial charge in [-0.05, 0) is 43.0 Å². The molecular formula is C13H16Cl2N2OS. The van der Waals surface area contributed by atoms with Crippen molar-refractivity contribution in [3.63, 3.8) is 0 Å². The third-order valence-corrected chi connectivity index (χ3v) is 4.92. The molecule has 1 fully saturated rings.